The molecular weight excluding hydrogens is 286 g/mol. The van der Waals surface area contributed by atoms with Crippen LogP contribution in [0.4, 0.5) is 15.7 Å². The number of aromatic nitrogens is 3. The second-order valence-electron chi connectivity index (χ2n) is 4.32. The highest BCUT2D eigenvalue weighted by Gasteiger charge is 2.10. The summed E-state index contributed by atoms with van der Waals surface area (Å²) >= 11 is 1.36. The Morgan fingerprint density at radius 1 is 1.24 bits per heavy atom. The molecule has 0 aliphatic carbocycles. The van der Waals surface area contributed by atoms with Crippen LogP contribution in [0.2, 0.25) is 0 Å². The van der Waals surface area contributed by atoms with Gasteiger partial charge in [0.2, 0.25) is 0 Å². The molecule has 0 bridgehead atoms. The van der Waals surface area contributed by atoms with E-state index in [0.717, 1.165) is 11.3 Å². The van der Waals surface area contributed by atoms with Crippen molar-refractivity contribution in [2.75, 3.05) is 10.6 Å². The van der Waals surface area contributed by atoms with Crippen molar-refractivity contribution >= 4 is 28.3 Å². The number of aryl methyl sites for hydroxylation is 1. The number of hydrogen-bond donors (Lipinski definition) is 2. The Labute approximate surface area is 125 Å². The number of carbonyl (C=O) groups is 1. The van der Waals surface area contributed by atoms with Crippen LogP contribution in [0.3, 0.4) is 0 Å². The first-order valence-corrected chi connectivity index (χ1v) is 7.17. The third-order valence-corrected chi connectivity index (χ3v) is 3.53. The molecule has 3 rings (SSSR count). The number of nitrogens with one attached hydrogen (secondary N) is 2. The maximum absolute atomic E-state index is 11.8. The van der Waals surface area contributed by atoms with E-state index in [1.807, 2.05) is 43.4 Å². The number of rotatable bonds is 3. The van der Waals surface area contributed by atoms with Gasteiger partial charge in [0, 0.05) is 24.7 Å². The van der Waals surface area contributed by atoms with Crippen molar-refractivity contribution in [3.8, 4) is 11.3 Å². The first-order chi connectivity index (χ1) is 10.2. The van der Waals surface area contributed by atoms with Gasteiger partial charge in [-0.3, -0.25) is 15.3 Å². The van der Waals surface area contributed by atoms with Crippen LogP contribution >= 0.6 is 11.3 Å². The van der Waals surface area contributed by atoms with E-state index < -0.39 is 0 Å². The first kappa shape index (κ1) is 13.3. The Morgan fingerprint density at radius 2 is 2.05 bits per heavy atom. The summed E-state index contributed by atoms with van der Waals surface area (Å²) in [6.45, 7) is 0. The Balaban J connectivity index is 1.74. The highest BCUT2D eigenvalue weighted by atomic mass is 32.1. The Morgan fingerprint density at radius 3 is 2.76 bits per heavy atom. The van der Waals surface area contributed by atoms with Gasteiger partial charge in [-0.1, -0.05) is 30.3 Å². The zero-order chi connectivity index (χ0) is 14.7. The molecule has 0 atom stereocenters. The summed E-state index contributed by atoms with van der Waals surface area (Å²) in [5.74, 6) is 0.491. The smallest absolute Gasteiger partial charge is 0.291 e. The average Bonchev–Trinajstić information content (AvgIpc) is 3.09. The van der Waals surface area contributed by atoms with E-state index in [1.165, 1.54) is 11.3 Å². The van der Waals surface area contributed by atoms with Crippen molar-refractivity contribution < 1.29 is 4.79 Å². The fourth-order valence-electron chi connectivity index (χ4n) is 1.94. The summed E-state index contributed by atoms with van der Waals surface area (Å²) < 4.78 is 1.73. The van der Waals surface area contributed by atoms with Gasteiger partial charge in [-0.2, -0.15) is 5.10 Å². The lowest BCUT2D eigenvalue weighted by molar-refractivity contribution is 0.262. The molecule has 0 saturated carbocycles. The number of urea groups is 1. The molecule has 0 saturated heterocycles. The van der Waals surface area contributed by atoms with Gasteiger partial charge in [-0.05, 0) is 5.56 Å². The van der Waals surface area contributed by atoms with Gasteiger partial charge in [-0.25, -0.2) is 9.78 Å². The van der Waals surface area contributed by atoms with E-state index >= 15 is 0 Å². The van der Waals surface area contributed by atoms with Gasteiger partial charge >= 0.3 is 6.03 Å². The average molecular weight is 299 g/mol. The lowest BCUT2D eigenvalue weighted by Gasteiger charge is -2.01. The summed E-state index contributed by atoms with van der Waals surface area (Å²) in [4.78, 5) is 15.8. The predicted octanol–water partition coefficient (Wildman–Crippen LogP) is 3.19. The SMILES string of the molecule is Cn1nc(NC(=O)Nc2nccs2)cc1-c1ccccc1. The molecule has 2 amide bonds. The molecule has 2 aromatic heterocycles. The molecule has 0 spiro atoms. The monoisotopic (exact) mass is 299 g/mol. The Kier molecular flexibility index (Phi) is 3.65. The Bertz CT molecular complexity index is 736. The third kappa shape index (κ3) is 3.09. The number of carbonyl (C=O) groups excluding carboxylic acids is 1. The topological polar surface area (TPSA) is 71.8 Å². The summed E-state index contributed by atoms with van der Waals surface area (Å²) in [6, 6.07) is 11.3. The maximum atomic E-state index is 11.8. The fourth-order valence-corrected chi connectivity index (χ4v) is 2.46. The number of thiazole rings is 1. The van der Waals surface area contributed by atoms with E-state index in [2.05, 4.69) is 20.7 Å². The molecule has 0 aliphatic rings. The molecule has 1 aromatic carbocycles. The van der Waals surface area contributed by atoms with Crippen LogP contribution in [0.15, 0.2) is 48.0 Å². The second-order valence-corrected chi connectivity index (χ2v) is 5.22. The largest absolute Gasteiger partial charge is 0.326 e. The molecule has 2 N–H and O–H groups in total. The van der Waals surface area contributed by atoms with E-state index in [0.29, 0.717) is 10.9 Å². The molecule has 6 nitrogen and oxygen atoms in total. The van der Waals surface area contributed by atoms with E-state index in [9.17, 15) is 4.79 Å². The van der Waals surface area contributed by atoms with Crippen molar-refractivity contribution in [1.29, 1.82) is 0 Å². The minimum atomic E-state index is -0.359. The van der Waals surface area contributed by atoms with Crippen LogP contribution in [0.25, 0.3) is 11.3 Å². The molecule has 21 heavy (non-hydrogen) atoms. The van der Waals surface area contributed by atoms with Crippen LogP contribution in [-0.4, -0.2) is 20.8 Å². The Hall–Kier alpha value is -2.67. The summed E-state index contributed by atoms with van der Waals surface area (Å²) in [6.07, 6.45) is 1.63. The normalized spacial score (nSPS) is 10.3. The molecule has 2 heterocycles. The molecule has 0 radical (unpaired) electrons. The minimum Gasteiger partial charge on any atom is -0.291 e. The minimum absolute atomic E-state index is 0.359. The lowest BCUT2D eigenvalue weighted by Crippen LogP contribution is -2.19. The highest BCUT2D eigenvalue weighted by Crippen LogP contribution is 2.21. The zero-order valence-corrected chi connectivity index (χ0v) is 12.1. The summed E-state index contributed by atoms with van der Waals surface area (Å²) in [5, 5.41) is 12.0. The number of benzene rings is 1. The van der Waals surface area contributed by atoms with Gasteiger partial charge in [-0.15, -0.1) is 11.3 Å². The fraction of sp³-hybridized carbons (Fsp3) is 0.0714. The highest BCUT2D eigenvalue weighted by molar-refractivity contribution is 7.13. The van der Waals surface area contributed by atoms with Crippen LogP contribution in [0.5, 0.6) is 0 Å². The van der Waals surface area contributed by atoms with E-state index in [4.69, 9.17) is 0 Å². The number of nitrogens with zero attached hydrogens (tertiary/aromatic N) is 3. The van der Waals surface area contributed by atoms with Gasteiger partial charge in [0.15, 0.2) is 10.9 Å². The molecule has 0 fully saturated rings. The molecule has 7 heteroatoms. The molecule has 106 valence electrons. The van der Waals surface area contributed by atoms with Crippen molar-refractivity contribution in [3.05, 3.63) is 48.0 Å². The van der Waals surface area contributed by atoms with Crippen molar-refractivity contribution in [3.63, 3.8) is 0 Å². The van der Waals surface area contributed by atoms with Crippen LogP contribution in [-0.2, 0) is 7.05 Å². The second kappa shape index (κ2) is 5.76. The summed E-state index contributed by atoms with van der Waals surface area (Å²) in [5.41, 5.74) is 1.97. The molecule has 0 aliphatic heterocycles. The first-order valence-electron chi connectivity index (χ1n) is 6.29. The van der Waals surface area contributed by atoms with Crippen molar-refractivity contribution in [2.45, 2.75) is 0 Å². The van der Waals surface area contributed by atoms with E-state index in [1.54, 1.807) is 16.3 Å². The third-order valence-electron chi connectivity index (χ3n) is 2.84. The van der Waals surface area contributed by atoms with Crippen LogP contribution in [0, 0.1) is 0 Å². The molecule has 3 aromatic rings. The quantitative estimate of drug-likeness (QED) is 0.780. The zero-order valence-electron chi connectivity index (χ0n) is 11.3. The number of hydrogen-bond acceptors (Lipinski definition) is 4. The van der Waals surface area contributed by atoms with Crippen LogP contribution < -0.4 is 10.6 Å². The van der Waals surface area contributed by atoms with Gasteiger partial charge in [0.05, 0.1) is 5.69 Å². The van der Waals surface area contributed by atoms with Crippen molar-refractivity contribution in [1.82, 2.24) is 14.8 Å². The number of amides is 2. The van der Waals surface area contributed by atoms with E-state index in [-0.39, 0.29) is 6.03 Å². The lowest BCUT2D eigenvalue weighted by atomic mass is 10.1. The van der Waals surface area contributed by atoms with Gasteiger partial charge in [0.1, 0.15) is 0 Å². The number of anilines is 2. The van der Waals surface area contributed by atoms with Gasteiger partial charge in [0.25, 0.3) is 0 Å². The predicted molar refractivity (Wildman–Crippen MR) is 83.4 cm³/mol. The summed E-state index contributed by atoms with van der Waals surface area (Å²) in [7, 11) is 1.84. The van der Waals surface area contributed by atoms with Crippen LogP contribution in [0.1, 0.15) is 0 Å². The van der Waals surface area contributed by atoms with Crippen molar-refractivity contribution in [2.24, 2.45) is 7.05 Å². The standard InChI is InChI=1S/C14H13N5OS/c1-19-11(10-5-3-2-4-6-10)9-12(18-19)16-13(20)17-14-15-7-8-21-14/h2-9H,1H3,(H2,15,16,17,18,20). The molecular formula is C14H13N5OS. The van der Waals surface area contributed by atoms with Gasteiger partial charge < -0.3 is 0 Å². The molecule has 0 unspecified atom stereocenters. The maximum Gasteiger partial charge on any atom is 0.326 e.